The minimum absolute atomic E-state index is 0.163. The van der Waals surface area contributed by atoms with E-state index >= 15 is 0 Å². The molecular formula is C43H50N12O3. The van der Waals surface area contributed by atoms with E-state index in [0.29, 0.717) is 41.4 Å². The zero-order valence-corrected chi connectivity index (χ0v) is 34.4. The summed E-state index contributed by atoms with van der Waals surface area (Å²) in [7, 11) is 0. The first-order chi connectivity index (χ1) is 27.8. The number of aromatic amines is 1. The number of anilines is 4. The Hall–Kier alpha value is -6.64. The van der Waals surface area contributed by atoms with Crippen LogP contribution in [0.25, 0.3) is 34.1 Å². The van der Waals surface area contributed by atoms with Crippen LogP contribution in [0, 0.1) is 6.92 Å². The Morgan fingerprint density at radius 3 is 1.59 bits per heavy atom. The molecule has 0 saturated heterocycles. The zero-order valence-electron chi connectivity index (χ0n) is 34.4. The van der Waals surface area contributed by atoms with E-state index in [2.05, 4.69) is 94.7 Å². The van der Waals surface area contributed by atoms with Crippen molar-refractivity contribution < 1.29 is 8.83 Å². The highest BCUT2D eigenvalue weighted by Crippen LogP contribution is 2.37. The predicted molar refractivity (Wildman–Crippen MR) is 228 cm³/mol. The van der Waals surface area contributed by atoms with E-state index in [0.717, 1.165) is 57.6 Å². The molecule has 2 aromatic carbocycles. The van der Waals surface area contributed by atoms with Gasteiger partial charge in [-0.3, -0.25) is 9.78 Å². The maximum atomic E-state index is 12.1. The van der Waals surface area contributed by atoms with Crippen LogP contribution in [0.15, 0.2) is 74.3 Å². The predicted octanol–water partition coefficient (Wildman–Crippen LogP) is 7.91. The van der Waals surface area contributed by atoms with Crippen LogP contribution in [0.5, 0.6) is 0 Å². The Balaban J connectivity index is 0.000000177. The van der Waals surface area contributed by atoms with Gasteiger partial charge in [-0.15, -0.1) is 10.2 Å². The average molecular weight is 783 g/mol. The van der Waals surface area contributed by atoms with Gasteiger partial charge in [0.25, 0.3) is 5.56 Å². The number of nitrogens with zero attached hydrogens (tertiary/aromatic N) is 7. The summed E-state index contributed by atoms with van der Waals surface area (Å²) in [5.41, 5.74) is 10.7. The summed E-state index contributed by atoms with van der Waals surface area (Å²) >= 11 is 0. The number of nitrogens with one attached hydrogen (secondary N) is 5. The zero-order chi connectivity index (χ0) is 41.1. The lowest BCUT2D eigenvalue weighted by atomic mass is 10.00. The van der Waals surface area contributed by atoms with Gasteiger partial charge in [0.15, 0.2) is 0 Å². The number of H-pyrrole nitrogens is 1. The molecule has 58 heavy (non-hydrogen) atoms. The van der Waals surface area contributed by atoms with Crippen LogP contribution in [-0.2, 0) is 12.8 Å². The number of benzene rings is 2. The van der Waals surface area contributed by atoms with Crippen LogP contribution in [0.3, 0.4) is 0 Å². The van der Waals surface area contributed by atoms with Crippen molar-refractivity contribution in [3.8, 4) is 22.9 Å². The van der Waals surface area contributed by atoms with Gasteiger partial charge in [-0.25, -0.2) is 15.0 Å². The van der Waals surface area contributed by atoms with Crippen LogP contribution < -0.4 is 26.8 Å². The van der Waals surface area contributed by atoms with Crippen molar-refractivity contribution in [2.45, 2.75) is 99.3 Å². The molecule has 0 bridgehead atoms. The van der Waals surface area contributed by atoms with E-state index in [1.807, 2.05) is 78.8 Å². The van der Waals surface area contributed by atoms with E-state index in [9.17, 15) is 4.79 Å². The smallest absolute Gasteiger partial charge is 0.315 e. The van der Waals surface area contributed by atoms with Crippen molar-refractivity contribution in [3.05, 3.63) is 110 Å². The Labute approximate surface area is 337 Å². The number of aryl methyl sites for hydroxylation is 1. The van der Waals surface area contributed by atoms with Gasteiger partial charge in [0.05, 0.1) is 11.4 Å². The molecule has 2 aliphatic carbocycles. The Kier molecular flexibility index (Phi) is 11.5. The fourth-order valence-corrected chi connectivity index (χ4v) is 6.66. The van der Waals surface area contributed by atoms with Gasteiger partial charge in [0.1, 0.15) is 0 Å². The summed E-state index contributed by atoms with van der Waals surface area (Å²) in [5, 5.41) is 29.2. The maximum absolute atomic E-state index is 12.1. The Morgan fingerprint density at radius 1 is 0.586 bits per heavy atom. The second-order valence-corrected chi connectivity index (χ2v) is 15.6. The molecule has 4 aromatic heterocycles. The van der Waals surface area contributed by atoms with Gasteiger partial charge in [0, 0.05) is 58.2 Å². The molecule has 5 N–H and O–H groups in total. The number of fused-ring (bicyclic) bond motifs is 2. The Bertz CT molecular complexity index is 2540. The standard InChI is InChI=1S/C22H26N6O.C21H24N6O2/c1-12(2)23-21-25-14(5)10-19(26-21)17-9-8-15-6-7-16(11-18(15)17)20-27-28-22(29-20)24-13(3)4;1-11(2)22-20-24-17(10-18(28)25-20)15-8-7-13-5-6-14(9-16(13)15)19-26-27-21(29-19)23-12(3)4/h6-7,9-13H,8H2,1-5H3,(H,24,28)(H,23,25,26);5-6,8-12H,7H2,1-4H3,(H,23,27)(H2,22,24,25,28). The molecule has 8 rings (SSSR count). The molecule has 0 fully saturated rings. The maximum Gasteiger partial charge on any atom is 0.315 e. The molecule has 2 aliphatic rings. The van der Waals surface area contributed by atoms with Crippen LogP contribution in [0.2, 0.25) is 0 Å². The average Bonchev–Trinajstić information content (AvgIpc) is 3.96. The van der Waals surface area contributed by atoms with Crippen molar-refractivity contribution in [1.29, 1.82) is 0 Å². The fraction of sp³-hybridized carbons (Fsp3) is 0.349. The minimum Gasteiger partial charge on any atom is -0.403 e. The van der Waals surface area contributed by atoms with E-state index in [1.165, 1.54) is 17.2 Å². The molecule has 15 heteroatoms. The highest BCUT2D eigenvalue weighted by molar-refractivity contribution is 5.86. The number of rotatable bonds is 12. The molecule has 6 aromatic rings. The van der Waals surface area contributed by atoms with Crippen LogP contribution >= 0.6 is 0 Å². The lowest BCUT2D eigenvalue weighted by molar-refractivity contribution is 0.574. The first-order valence-electron chi connectivity index (χ1n) is 19.7. The topological polar surface area (TPSA) is 197 Å². The van der Waals surface area contributed by atoms with Crippen molar-refractivity contribution in [2.75, 3.05) is 21.3 Å². The van der Waals surface area contributed by atoms with Crippen molar-refractivity contribution in [1.82, 2.24) is 40.3 Å². The molecular weight excluding hydrogens is 733 g/mol. The van der Waals surface area contributed by atoms with Crippen LogP contribution in [-0.4, -0.2) is 64.5 Å². The largest absolute Gasteiger partial charge is 0.403 e. The fourth-order valence-electron chi connectivity index (χ4n) is 6.66. The molecule has 0 amide bonds. The summed E-state index contributed by atoms with van der Waals surface area (Å²) in [6, 6.07) is 17.5. The van der Waals surface area contributed by atoms with Gasteiger partial charge < -0.3 is 30.1 Å². The first kappa shape index (κ1) is 39.6. The normalized spacial score (nSPS) is 13.0. The van der Waals surface area contributed by atoms with E-state index in [4.69, 9.17) is 13.8 Å². The van der Waals surface area contributed by atoms with Gasteiger partial charge in [-0.2, -0.15) is 0 Å². The lowest BCUT2D eigenvalue weighted by Gasteiger charge is -2.12. The number of allylic oxidation sites excluding steroid dienone is 2. The van der Waals surface area contributed by atoms with Gasteiger partial charge in [-0.05, 0) is 128 Å². The summed E-state index contributed by atoms with van der Waals surface area (Å²) in [4.78, 5) is 28.7. The second kappa shape index (κ2) is 16.8. The SMILES string of the molecule is CC(C)Nc1nc(C2=CCc3ccc(-c4nnc(NC(C)C)o4)cc32)cc(=O)[nH]1.Cc1cc(C2=CCc3ccc(-c4nnc(NC(C)C)o4)cc32)nc(NC(C)C)n1. The monoisotopic (exact) mass is 782 g/mol. The lowest BCUT2D eigenvalue weighted by Crippen LogP contribution is -2.18. The van der Waals surface area contributed by atoms with Crippen molar-refractivity contribution >= 4 is 35.1 Å². The third kappa shape index (κ3) is 9.31. The van der Waals surface area contributed by atoms with Gasteiger partial charge in [-0.1, -0.05) is 34.5 Å². The molecule has 15 nitrogen and oxygen atoms in total. The Morgan fingerprint density at radius 2 is 1.09 bits per heavy atom. The highest BCUT2D eigenvalue weighted by atomic mass is 16.4. The van der Waals surface area contributed by atoms with Crippen molar-refractivity contribution in [2.24, 2.45) is 0 Å². The van der Waals surface area contributed by atoms with E-state index in [1.54, 1.807) is 0 Å². The third-order valence-electron chi connectivity index (χ3n) is 9.01. The molecule has 0 saturated carbocycles. The van der Waals surface area contributed by atoms with Gasteiger partial charge in [0.2, 0.25) is 23.7 Å². The van der Waals surface area contributed by atoms with Crippen LogP contribution in [0.4, 0.5) is 23.9 Å². The van der Waals surface area contributed by atoms with Crippen molar-refractivity contribution in [3.63, 3.8) is 0 Å². The number of hydrogen-bond donors (Lipinski definition) is 5. The minimum atomic E-state index is -0.190. The summed E-state index contributed by atoms with van der Waals surface area (Å²) in [6.45, 7) is 18.2. The van der Waals surface area contributed by atoms with E-state index < -0.39 is 0 Å². The van der Waals surface area contributed by atoms with Gasteiger partial charge >= 0.3 is 12.0 Å². The molecule has 4 heterocycles. The quantitative estimate of drug-likeness (QED) is 0.0803. The molecule has 0 aliphatic heterocycles. The summed E-state index contributed by atoms with van der Waals surface area (Å²) in [5.74, 6) is 2.07. The summed E-state index contributed by atoms with van der Waals surface area (Å²) < 4.78 is 11.5. The van der Waals surface area contributed by atoms with E-state index in [-0.39, 0.29) is 29.7 Å². The third-order valence-corrected chi connectivity index (χ3v) is 9.01. The molecule has 0 radical (unpaired) electrons. The van der Waals surface area contributed by atoms with Crippen LogP contribution in [0.1, 0.15) is 94.7 Å². The highest BCUT2D eigenvalue weighted by Gasteiger charge is 2.22. The molecule has 0 atom stereocenters. The number of hydrogen-bond acceptors (Lipinski definition) is 14. The molecule has 0 spiro atoms. The molecule has 300 valence electrons. The summed E-state index contributed by atoms with van der Waals surface area (Å²) in [6.07, 6.45) is 5.98. The number of aromatic nitrogens is 8. The first-order valence-corrected chi connectivity index (χ1v) is 19.7. The second-order valence-electron chi connectivity index (χ2n) is 15.6. The molecule has 0 unspecified atom stereocenters.